The molecule has 152 valence electrons. The molecule has 0 unspecified atom stereocenters. The first-order valence-corrected chi connectivity index (χ1v) is 10.1. The molecule has 2 aromatic carbocycles. The highest BCUT2D eigenvalue weighted by molar-refractivity contribution is 7.16. The fourth-order valence-corrected chi connectivity index (χ4v) is 4.11. The van der Waals surface area contributed by atoms with E-state index in [1.165, 1.54) is 19.2 Å². The van der Waals surface area contributed by atoms with Gasteiger partial charge in [-0.25, -0.2) is 15.0 Å². The monoisotopic (exact) mass is 441 g/mol. The summed E-state index contributed by atoms with van der Waals surface area (Å²) >= 11 is 7.88. The number of ether oxygens (including phenoxy) is 1. The smallest absolute Gasteiger partial charge is 0.276 e. The third kappa shape index (κ3) is 3.89. The number of nitro groups is 1. The van der Waals surface area contributed by atoms with E-state index in [1.807, 2.05) is 18.2 Å². The van der Waals surface area contributed by atoms with Gasteiger partial charge in [0.2, 0.25) is 0 Å². The Hall–Kier alpha value is -3.30. The number of rotatable bonds is 6. The number of aromatic nitrogens is 3. The summed E-state index contributed by atoms with van der Waals surface area (Å²) in [5.74, 6) is 1.48. The second kappa shape index (κ2) is 8.21. The Bertz CT molecular complexity index is 1260. The maximum Gasteiger partial charge on any atom is 0.276 e. The van der Waals surface area contributed by atoms with Crippen LogP contribution in [0.5, 0.6) is 5.75 Å². The predicted octanol–water partition coefficient (Wildman–Crippen LogP) is 5.24. The van der Waals surface area contributed by atoms with Crippen LogP contribution in [-0.4, -0.2) is 27.0 Å². The van der Waals surface area contributed by atoms with Gasteiger partial charge in [-0.05, 0) is 25.1 Å². The van der Waals surface area contributed by atoms with E-state index in [0.29, 0.717) is 23.0 Å². The van der Waals surface area contributed by atoms with Crippen LogP contribution >= 0.6 is 22.9 Å². The van der Waals surface area contributed by atoms with Crippen molar-refractivity contribution in [2.45, 2.75) is 13.5 Å². The molecule has 0 spiro atoms. The fourth-order valence-electron chi connectivity index (χ4n) is 3.09. The van der Waals surface area contributed by atoms with Crippen molar-refractivity contribution in [2.75, 3.05) is 12.4 Å². The minimum absolute atomic E-state index is 0.0880. The van der Waals surface area contributed by atoms with Crippen molar-refractivity contribution < 1.29 is 9.66 Å². The summed E-state index contributed by atoms with van der Waals surface area (Å²) in [6, 6.07) is 10.6. The first kappa shape index (κ1) is 20.0. The Balaban J connectivity index is 1.66. The Kier molecular flexibility index (Phi) is 5.47. The number of benzene rings is 2. The van der Waals surface area contributed by atoms with Crippen LogP contribution in [-0.2, 0) is 6.54 Å². The quantitative estimate of drug-likeness (QED) is 0.322. The molecule has 0 saturated carbocycles. The first-order valence-electron chi connectivity index (χ1n) is 8.89. The Morgan fingerprint density at radius 2 is 2.07 bits per heavy atom. The lowest BCUT2D eigenvalue weighted by Gasteiger charge is -2.12. The molecule has 1 N–H and O–H groups in total. The zero-order valence-electron chi connectivity index (χ0n) is 16.0. The zero-order valence-corrected chi connectivity index (χ0v) is 17.6. The number of anilines is 1. The molecule has 2 heterocycles. The minimum atomic E-state index is -0.469. The topological polar surface area (TPSA) is 103 Å². The average molecular weight is 442 g/mol. The normalized spacial score (nSPS) is 10.9. The van der Waals surface area contributed by atoms with Crippen LogP contribution in [0.2, 0.25) is 5.02 Å². The molecule has 8 nitrogen and oxygen atoms in total. The number of nitrogens with one attached hydrogen (secondary N) is 1. The summed E-state index contributed by atoms with van der Waals surface area (Å²) in [7, 11) is 1.46. The Labute approximate surface area is 180 Å². The van der Waals surface area contributed by atoms with Crippen LogP contribution in [0.4, 0.5) is 11.5 Å². The first-order chi connectivity index (χ1) is 14.5. The summed E-state index contributed by atoms with van der Waals surface area (Å²) in [5.41, 5.74) is 4.65. The standard InChI is InChI=1S/C20H16ClN5O3S/c1-11-24-15(12-3-4-14-18(7-12)30-10-23-14)8-19(25-11)22-9-13-16(26(27)28)5-6-17(29-2)20(13)21/h3-8,10H,9H2,1-2H3,(H,22,24,25). The number of fused-ring (bicyclic) bond motifs is 1. The number of thiazole rings is 1. The van der Waals surface area contributed by atoms with Crippen molar-refractivity contribution in [3.8, 4) is 17.0 Å². The van der Waals surface area contributed by atoms with E-state index in [0.717, 1.165) is 21.5 Å². The molecule has 0 aliphatic heterocycles. The van der Waals surface area contributed by atoms with Crippen molar-refractivity contribution in [3.63, 3.8) is 0 Å². The molecule has 30 heavy (non-hydrogen) atoms. The number of nitro benzene ring substituents is 1. The summed E-state index contributed by atoms with van der Waals surface area (Å²) in [5, 5.41) is 14.7. The SMILES string of the molecule is COc1ccc([N+](=O)[O-])c(CNc2cc(-c3ccc4ncsc4c3)nc(C)n2)c1Cl. The van der Waals surface area contributed by atoms with Crippen LogP contribution in [0.15, 0.2) is 41.9 Å². The third-order valence-electron chi connectivity index (χ3n) is 4.51. The highest BCUT2D eigenvalue weighted by Crippen LogP contribution is 2.35. The Morgan fingerprint density at radius 1 is 1.23 bits per heavy atom. The summed E-state index contributed by atoms with van der Waals surface area (Å²) in [6.07, 6.45) is 0. The lowest BCUT2D eigenvalue weighted by atomic mass is 10.1. The van der Waals surface area contributed by atoms with Crippen LogP contribution in [0.1, 0.15) is 11.4 Å². The van der Waals surface area contributed by atoms with E-state index in [-0.39, 0.29) is 17.3 Å². The minimum Gasteiger partial charge on any atom is -0.495 e. The highest BCUT2D eigenvalue weighted by atomic mass is 35.5. The molecular weight excluding hydrogens is 426 g/mol. The average Bonchev–Trinajstić information content (AvgIpc) is 3.20. The van der Waals surface area contributed by atoms with Gasteiger partial charge in [0.25, 0.3) is 5.69 Å². The third-order valence-corrected chi connectivity index (χ3v) is 5.72. The van der Waals surface area contributed by atoms with Crippen LogP contribution < -0.4 is 10.1 Å². The van der Waals surface area contributed by atoms with E-state index in [9.17, 15) is 10.1 Å². The van der Waals surface area contributed by atoms with Gasteiger partial charge in [-0.3, -0.25) is 10.1 Å². The zero-order chi connectivity index (χ0) is 21.3. The Morgan fingerprint density at radius 3 is 2.83 bits per heavy atom. The summed E-state index contributed by atoms with van der Waals surface area (Å²) < 4.78 is 6.25. The van der Waals surface area contributed by atoms with Gasteiger partial charge >= 0.3 is 0 Å². The van der Waals surface area contributed by atoms with E-state index < -0.39 is 4.92 Å². The molecule has 0 atom stereocenters. The second-order valence-electron chi connectivity index (χ2n) is 6.41. The van der Waals surface area contributed by atoms with Crippen molar-refractivity contribution in [2.24, 2.45) is 0 Å². The van der Waals surface area contributed by atoms with Gasteiger partial charge in [-0.15, -0.1) is 11.3 Å². The molecule has 0 amide bonds. The van der Waals surface area contributed by atoms with Gasteiger partial charge in [-0.2, -0.15) is 0 Å². The predicted molar refractivity (Wildman–Crippen MR) is 117 cm³/mol. The number of nitrogens with zero attached hydrogens (tertiary/aromatic N) is 4. The van der Waals surface area contributed by atoms with Gasteiger partial charge in [0.05, 0.1) is 44.0 Å². The van der Waals surface area contributed by atoms with E-state index in [4.69, 9.17) is 16.3 Å². The van der Waals surface area contributed by atoms with E-state index in [1.54, 1.807) is 29.8 Å². The van der Waals surface area contributed by atoms with Crippen molar-refractivity contribution >= 4 is 44.7 Å². The number of halogens is 1. The number of hydrogen-bond donors (Lipinski definition) is 1. The van der Waals surface area contributed by atoms with Crippen LogP contribution in [0.3, 0.4) is 0 Å². The van der Waals surface area contributed by atoms with Crippen LogP contribution in [0, 0.1) is 17.0 Å². The maximum atomic E-state index is 11.4. The molecular formula is C20H16ClN5O3S. The van der Waals surface area contributed by atoms with E-state index in [2.05, 4.69) is 20.3 Å². The highest BCUT2D eigenvalue weighted by Gasteiger charge is 2.20. The van der Waals surface area contributed by atoms with Crippen molar-refractivity contribution in [1.82, 2.24) is 15.0 Å². The summed E-state index contributed by atoms with van der Waals surface area (Å²) in [6.45, 7) is 1.90. The van der Waals surface area contributed by atoms with Gasteiger partial charge in [0, 0.05) is 24.2 Å². The number of aryl methyl sites for hydroxylation is 1. The molecule has 10 heteroatoms. The van der Waals surface area contributed by atoms with Gasteiger partial charge < -0.3 is 10.1 Å². The molecule has 4 rings (SSSR count). The largest absolute Gasteiger partial charge is 0.495 e. The lowest BCUT2D eigenvalue weighted by Crippen LogP contribution is -2.07. The second-order valence-corrected chi connectivity index (χ2v) is 7.67. The van der Waals surface area contributed by atoms with Gasteiger partial charge in [-0.1, -0.05) is 17.7 Å². The van der Waals surface area contributed by atoms with Gasteiger partial charge in [0.1, 0.15) is 17.4 Å². The molecule has 0 saturated heterocycles. The maximum absolute atomic E-state index is 11.4. The molecule has 4 aromatic rings. The molecule has 2 aromatic heterocycles. The number of methoxy groups -OCH3 is 1. The fraction of sp³-hybridized carbons (Fsp3) is 0.150. The molecule has 0 aliphatic carbocycles. The molecule has 0 radical (unpaired) electrons. The lowest BCUT2D eigenvalue weighted by molar-refractivity contribution is -0.385. The molecule has 0 bridgehead atoms. The van der Waals surface area contributed by atoms with E-state index >= 15 is 0 Å². The summed E-state index contributed by atoms with van der Waals surface area (Å²) in [4.78, 5) is 24.2. The molecule has 0 fully saturated rings. The van der Waals surface area contributed by atoms with Gasteiger partial charge in [0.15, 0.2) is 0 Å². The number of hydrogen-bond acceptors (Lipinski definition) is 8. The molecule has 0 aliphatic rings. The van der Waals surface area contributed by atoms with Crippen LogP contribution in [0.25, 0.3) is 21.5 Å². The van der Waals surface area contributed by atoms with Crippen molar-refractivity contribution in [1.29, 1.82) is 0 Å². The van der Waals surface area contributed by atoms with Crippen molar-refractivity contribution in [3.05, 3.63) is 68.4 Å².